The van der Waals surface area contributed by atoms with Crippen LogP contribution in [-0.2, 0) is 19.0 Å². The topological polar surface area (TPSA) is 149 Å². The molecule has 2 aliphatic rings. The summed E-state index contributed by atoms with van der Waals surface area (Å²) >= 11 is 0. The van der Waals surface area contributed by atoms with Gasteiger partial charge in [-0.15, -0.1) is 0 Å². The molecule has 0 amide bonds. The molecule has 10 nitrogen and oxygen atoms in total. The lowest BCUT2D eigenvalue weighted by Gasteiger charge is -2.47. The Bertz CT molecular complexity index is 780. The molecule has 10 heteroatoms. The number of aliphatic hydroxyl groups excluding tert-OH is 4. The molecule has 2 unspecified atom stereocenters. The smallest absolute Gasteiger partial charge is 0.311 e. The molecule has 5 N–H and O–H groups in total. The largest absolute Gasteiger partial charge is 0.462 e. The number of ether oxygens (including phenoxy) is 3. The van der Waals surface area contributed by atoms with Crippen molar-refractivity contribution >= 4 is 5.97 Å². The van der Waals surface area contributed by atoms with Gasteiger partial charge in [0.15, 0.2) is 6.29 Å². The molecule has 0 bridgehead atoms. The number of nitrogens with zero attached hydrogens (tertiary/aromatic N) is 1. The Labute approximate surface area is 234 Å². The number of carbonyl (C=O) groups excluding carboxylic acids is 1. The highest BCUT2D eigenvalue weighted by atomic mass is 16.7. The standard InChI is InChI=1S/C29H55NO9/c1-11-21-16(4)23(32)17(5)22(31)14(2)13-29(8,36)26(18(6)24(33)19(7)27(35)38-21)39-28-25(34)20(30(9)10)12-15(3)37-28/h14-26,28,31-34,36H,11-13H2,1-10H3/t14-,15-,16+,17+,18-,19-,20+,21?,22?,23-,24+,25-,26-,28+,29-/m1/s1. The third-order valence-corrected chi connectivity index (χ3v) is 9.26. The fourth-order valence-corrected chi connectivity index (χ4v) is 6.54. The van der Waals surface area contributed by atoms with E-state index in [1.807, 2.05) is 32.8 Å². The van der Waals surface area contributed by atoms with E-state index in [1.54, 1.807) is 41.5 Å². The lowest BCUT2D eigenvalue weighted by Crippen LogP contribution is -2.59. The van der Waals surface area contributed by atoms with Gasteiger partial charge in [-0.05, 0) is 60.0 Å². The molecule has 0 aromatic carbocycles. The third-order valence-electron chi connectivity index (χ3n) is 9.26. The Morgan fingerprint density at radius 2 is 1.51 bits per heavy atom. The number of aliphatic hydroxyl groups is 5. The Morgan fingerprint density at radius 3 is 2.05 bits per heavy atom. The van der Waals surface area contributed by atoms with Crippen LogP contribution in [0.4, 0.5) is 0 Å². The molecular formula is C29H55NO9. The Hall–Kier alpha value is -0.850. The van der Waals surface area contributed by atoms with Crippen LogP contribution >= 0.6 is 0 Å². The van der Waals surface area contributed by atoms with Crippen molar-refractivity contribution in [3.05, 3.63) is 0 Å². The average molecular weight is 562 g/mol. The van der Waals surface area contributed by atoms with Gasteiger partial charge in [-0.1, -0.05) is 34.6 Å². The first-order valence-corrected chi connectivity index (χ1v) is 14.6. The van der Waals surface area contributed by atoms with Crippen molar-refractivity contribution in [2.45, 2.75) is 135 Å². The summed E-state index contributed by atoms with van der Waals surface area (Å²) in [5.41, 5.74) is -1.60. The number of hydrogen-bond acceptors (Lipinski definition) is 10. The molecule has 2 heterocycles. The van der Waals surface area contributed by atoms with Crippen molar-refractivity contribution in [1.29, 1.82) is 0 Å². The summed E-state index contributed by atoms with van der Waals surface area (Å²) in [7, 11) is 3.73. The maximum atomic E-state index is 13.1. The van der Waals surface area contributed by atoms with Crippen LogP contribution in [0.3, 0.4) is 0 Å². The Morgan fingerprint density at radius 1 is 0.923 bits per heavy atom. The van der Waals surface area contributed by atoms with Gasteiger partial charge in [-0.25, -0.2) is 0 Å². The molecule has 2 saturated heterocycles. The molecule has 0 aliphatic carbocycles. The predicted molar refractivity (Wildman–Crippen MR) is 147 cm³/mol. The molecule has 230 valence electrons. The summed E-state index contributed by atoms with van der Waals surface area (Å²) in [6, 6.07) is -0.243. The van der Waals surface area contributed by atoms with Crippen LogP contribution in [-0.4, -0.2) is 111 Å². The van der Waals surface area contributed by atoms with Gasteiger partial charge in [0.05, 0.1) is 42.0 Å². The molecular weight excluding hydrogens is 506 g/mol. The molecule has 0 radical (unpaired) electrons. The molecule has 15 atom stereocenters. The molecule has 0 aromatic heterocycles. The van der Waals surface area contributed by atoms with Gasteiger partial charge >= 0.3 is 5.97 Å². The number of likely N-dealkylation sites (N-methyl/N-ethyl adjacent to an activating group) is 1. The summed E-state index contributed by atoms with van der Waals surface area (Å²) in [5, 5.41) is 56.6. The highest BCUT2D eigenvalue weighted by Crippen LogP contribution is 2.37. The Balaban J connectivity index is 2.50. The number of rotatable bonds is 4. The highest BCUT2D eigenvalue weighted by Gasteiger charge is 2.49. The lowest BCUT2D eigenvalue weighted by atomic mass is 9.74. The van der Waals surface area contributed by atoms with Gasteiger partial charge in [0.2, 0.25) is 0 Å². The summed E-state index contributed by atoms with van der Waals surface area (Å²) in [5.74, 6) is -3.82. The first-order chi connectivity index (χ1) is 17.9. The summed E-state index contributed by atoms with van der Waals surface area (Å²) < 4.78 is 18.1. The molecule has 0 saturated carbocycles. The van der Waals surface area contributed by atoms with E-state index in [0.29, 0.717) is 12.8 Å². The monoisotopic (exact) mass is 561 g/mol. The number of esters is 1. The third kappa shape index (κ3) is 7.92. The fraction of sp³-hybridized carbons (Fsp3) is 0.966. The van der Waals surface area contributed by atoms with Crippen LogP contribution in [0.1, 0.15) is 74.7 Å². The van der Waals surface area contributed by atoms with Crippen molar-refractivity contribution < 1.29 is 44.5 Å². The van der Waals surface area contributed by atoms with Gasteiger partial charge < -0.3 is 44.6 Å². The average Bonchev–Trinajstić information content (AvgIpc) is 2.87. The second-order valence-electron chi connectivity index (χ2n) is 12.9. The molecule has 39 heavy (non-hydrogen) atoms. The molecule has 0 spiro atoms. The molecule has 2 rings (SSSR count). The minimum atomic E-state index is -1.60. The first-order valence-electron chi connectivity index (χ1n) is 14.6. The van der Waals surface area contributed by atoms with Crippen molar-refractivity contribution in [2.75, 3.05) is 14.1 Å². The van der Waals surface area contributed by atoms with Gasteiger partial charge in [0.25, 0.3) is 0 Å². The first kappa shape index (κ1) is 34.4. The number of cyclic esters (lactones) is 1. The zero-order chi connectivity index (χ0) is 30.0. The summed E-state index contributed by atoms with van der Waals surface area (Å²) in [6.07, 6.45) is -6.06. The predicted octanol–water partition coefficient (Wildman–Crippen LogP) is 1.54. The molecule has 2 aliphatic heterocycles. The van der Waals surface area contributed by atoms with Crippen LogP contribution in [0.2, 0.25) is 0 Å². The minimum absolute atomic E-state index is 0.0762. The van der Waals surface area contributed by atoms with Gasteiger partial charge in [-0.3, -0.25) is 4.79 Å². The van der Waals surface area contributed by atoms with Crippen LogP contribution in [0.5, 0.6) is 0 Å². The lowest BCUT2D eigenvalue weighted by molar-refractivity contribution is -0.299. The zero-order valence-corrected chi connectivity index (χ0v) is 25.5. The minimum Gasteiger partial charge on any atom is -0.462 e. The van der Waals surface area contributed by atoms with Crippen molar-refractivity contribution in [3.8, 4) is 0 Å². The van der Waals surface area contributed by atoms with Crippen molar-refractivity contribution in [3.63, 3.8) is 0 Å². The van der Waals surface area contributed by atoms with Crippen molar-refractivity contribution in [2.24, 2.45) is 29.6 Å². The van der Waals surface area contributed by atoms with E-state index >= 15 is 0 Å². The SMILES string of the molecule is CCC1OC(=O)[C@H](C)[C@@H](O)[C@@H](C)[C@@H](O[C@@H]2O[C@H](C)C[C@H](N(C)C)[C@H]2O)[C@](C)(O)C[C@@H](C)C(O)[C@H](C)[C@H](O)[C@H]1C. The van der Waals surface area contributed by atoms with Gasteiger partial charge in [0.1, 0.15) is 12.2 Å². The Kier molecular flexibility index (Phi) is 12.2. The fourth-order valence-electron chi connectivity index (χ4n) is 6.54. The van der Waals surface area contributed by atoms with Crippen molar-refractivity contribution in [1.82, 2.24) is 4.90 Å². The van der Waals surface area contributed by atoms with Gasteiger partial charge in [-0.2, -0.15) is 0 Å². The quantitative estimate of drug-likeness (QED) is 0.320. The van der Waals surface area contributed by atoms with Crippen LogP contribution < -0.4 is 0 Å². The summed E-state index contributed by atoms with van der Waals surface area (Å²) in [6.45, 7) is 13.9. The van der Waals surface area contributed by atoms with Crippen LogP contribution in [0.15, 0.2) is 0 Å². The van der Waals surface area contributed by atoms with E-state index in [0.717, 1.165) is 0 Å². The van der Waals surface area contributed by atoms with E-state index < -0.39 is 84.1 Å². The normalized spacial score (nSPS) is 49.4. The van der Waals surface area contributed by atoms with Crippen LogP contribution in [0, 0.1) is 29.6 Å². The number of carbonyl (C=O) groups is 1. The van der Waals surface area contributed by atoms with E-state index in [1.165, 1.54) is 0 Å². The summed E-state index contributed by atoms with van der Waals surface area (Å²) in [4.78, 5) is 15.0. The van der Waals surface area contributed by atoms with Crippen LogP contribution in [0.25, 0.3) is 0 Å². The van der Waals surface area contributed by atoms with E-state index in [-0.39, 0.29) is 18.6 Å². The molecule has 2 fully saturated rings. The zero-order valence-electron chi connectivity index (χ0n) is 25.5. The second-order valence-corrected chi connectivity index (χ2v) is 12.9. The van der Waals surface area contributed by atoms with Gasteiger partial charge in [0, 0.05) is 23.8 Å². The maximum absolute atomic E-state index is 13.1. The van der Waals surface area contributed by atoms with E-state index in [4.69, 9.17) is 14.2 Å². The molecule has 0 aromatic rings. The number of hydrogen-bond donors (Lipinski definition) is 5. The second kappa shape index (κ2) is 13.9. The van der Waals surface area contributed by atoms with E-state index in [9.17, 15) is 30.3 Å². The highest BCUT2D eigenvalue weighted by molar-refractivity contribution is 5.73. The maximum Gasteiger partial charge on any atom is 0.311 e. The van der Waals surface area contributed by atoms with E-state index in [2.05, 4.69) is 0 Å².